The lowest BCUT2D eigenvalue weighted by atomic mass is 10.1. The van der Waals surface area contributed by atoms with Gasteiger partial charge in [-0.2, -0.15) is 10.9 Å². The fourth-order valence-electron chi connectivity index (χ4n) is 2.56. The van der Waals surface area contributed by atoms with Gasteiger partial charge < -0.3 is 4.42 Å². The van der Waals surface area contributed by atoms with Gasteiger partial charge in [0.2, 0.25) is 0 Å². The molecule has 4 rings (SSSR count). The second-order valence-corrected chi connectivity index (χ2v) is 6.59. The van der Waals surface area contributed by atoms with Gasteiger partial charge in [0.05, 0.1) is 0 Å². The molecule has 20 heavy (non-hydrogen) atoms. The summed E-state index contributed by atoms with van der Waals surface area (Å²) in [5.41, 5.74) is 2.12. The minimum atomic E-state index is -0.402. The predicted octanol–water partition coefficient (Wildman–Crippen LogP) is 5.50. The first-order chi connectivity index (χ1) is 9.93. The number of para-hydroxylation sites is 1. The summed E-state index contributed by atoms with van der Waals surface area (Å²) in [6.07, 6.45) is 4.25. The van der Waals surface area contributed by atoms with Crippen LogP contribution < -0.4 is 0 Å². The number of hydrogen-bond acceptors (Lipinski definition) is 1. The topological polar surface area (TPSA) is 13.1 Å². The summed E-state index contributed by atoms with van der Waals surface area (Å²) in [4.78, 5) is 1.33. The molecule has 0 atom stereocenters. The van der Waals surface area contributed by atoms with Gasteiger partial charge >= 0.3 is 0 Å². The third-order valence-corrected chi connectivity index (χ3v) is 5.41. The van der Waals surface area contributed by atoms with E-state index in [4.69, 9.17) is 4.42 Å². The van der Waals surface area contributed by atoms with Gasteiger partial charge in [-0.25, -0.2) is 0 Å². The molecule has 0 amide bonds. The summed E-state index contributed by atoms with van der Waals surface area (Å²) in [5, 5.41) is 5.78. The second kappa shape index (κ2) is 4.73. The van der Waals surface area contributed by atoms with Gasteiger partial charge in [-0.05, 0) is 16.9 Å². The monoisotopic (exact) mass is 278 g/mol. The molecule has 3 aromatic rings. The van der Waals surface area contributed by atoms with Crippen LogP contribution in [0.1, 0.15) is 0 Å². The summed E-state index contributed by atoms with van der Waals surface area (Å²) in [6.45, 7) is 0. The molecule has 1 nitrogen and oxygen atoms in total. The van der Waals surface area contributed by atoms with Crippen LogP contribution in [0.4, 0.5) is 0 Å². The number of furan rings is 1. The molecule has 0 aliphatic carbocycles. The van der Waals surface area contributed by atoms with Crippen LogP contribution >= 0.6 is 10.9 Å². The highest BCUT2D eigenvalue weighted by Crippen LogP contribution is 2.51. The van der Waals surface area contributed by atoms with Gasteiger partial charge in [0.15, 0.2) is 0 Å². The summed E-state index contributed by atoms with van der Waals surface area (Å²) < 4.78 is 6.15. The van der Waals surface area contributed by atoms with Gasteiger partial charge in [-0.15, -0.1) is 0 Å². The van der Waals surface area contributed by atoms with Crippen LogP contribution in [0.15, 0.2) is 86.9 Å². The molecule has 0 saturated heterocycles. The molecule has 0 unspecified atom stereocenters. The predicted molar refractivity (Wildman–Crippen MR) is 87.2 cm³/mol. The fraction of sp³-hybridized carbons (Fsp3) is 0. The van der Waals surface area contributed by atoms with Gasteiger partial charge in [0.1, 0.15) is 11.3 Å². The Balaban J connectivity index is 2.02. The number of fused-ring (bicyclic) bond motifs is 1. The number of benzene rings is 2. The maximum absolute atomic E-state index is 6.15. The van der Waals surface area contributed by atoms with E-state index >= 15 is 0 Å². The van der Waals surface area contributed by atoms with Gasteiger partial charge in [0, 0.05) is 15.8 Å². The highest BCUT2D eigenvalue weighted by molar-refractivity contribution is 8.22. The SMILES string of the molecule is C1=C[SH](c2c(-c3ccccc3)oc3ccccc23)C=C1. The summed E-state index contributed by atoms with van der Waals surface area (Å²) in [5.74, 6) is 1.01. The van der Waals surface area contributed by atoms with Crippen molar-refractivity contribution in [1.29, 1.82) is 0 Å². The molecular weight excluding hydrogens is 264 g/mol. The summed E-state index contributed by atoms with van der Waals surface area (Å²) >= 11 is 0. The van der Waals surface area contributed by atoms with Crippen LogP contribution in [0.2, 0.25) is 0 Å². The smallest absolute Gasteiger partial charge is 0.147 e. The molecule has 0 fully saturated rings. The molecule has 1 aliphatic heterocycles. The standard InChI is InChI=1S/C18H14OS/c1-2-8-14(9-3-1)17-18(20-12-6-7-13-20)15-10-4-5-11-16(15)19-17/h1-13,20H. The van der Waals surface area contributed by atoms with Crippen LogP contribution in [0.5, 0.6) is 0 Å². The van der Waals surface area contributed by atoms with E-state index in [9.17, 15) is 0 Å². The fourth-order valence-corrected chi connectivity index (χ4v) is 4.40. The Morgan fingerprint density at radius 2 is 1.45 bits per heavy atom. The molecule has 0 N–H and O–H groups in total. The molecule has 2 heterocycles. The molecule has 0 radical (unpaired) electrons. The second-order valence-electron chi connectivity index (χ2n) is 4.73. The van der Waals surface area contributed by atoms with Crippen molar-refractivity contribution < 1.29 is 4.42 Å². The highest BCUT2D eigenvalue weighted by atomic mass is 32.2. The van der Waals surface area contributed by atoms with E-state index in [0.717, 1.165) is 16.9 Å². The van der Waals surface area contributed by atoms with Gasteiger partial charge in [-0.3, -0.25) is 0 Å². The maximum atomic E-state index is 6.15. The number of allylic oxidation sites excluding steroid dienone is 2. The zero-order valence-corrected chi connectivity index (χ0v) is 11.8. The molecule has 0 saturated carbocycles. The quantitative estimate of drug-likeness (QED) is 0.611. The Morgan fingerprint density at radius 3 is 2.25 bits per heavy atom. The van der Waals surface area contributed by atoms with E-state index in [-0.39, 0.29) is 0 Å². The van der Waals surface area contributed by atoms with Crippen LogP contribution in [0.25, 0.3) is 22.3 Å². The van der Waals surface area contributed by atoms with Crippen LogP contribution in [-0.4, -0.2) is 0 Å². The minimum absolute atomic E-state index is 0.402. The minimum Gasteiger partial charge on any atom is -0.455 e. The van der Waals surface area contributed by atoms with Crippen molar-refractivity contribution in [3.8, 4) is 11.3 Å². The molecule has 98 valence electrons. The Labute approximate surface area is 120 Å². The van der Waals surface area contributed by atoms with Crippen molar-refractivity contribution in [2.75, 3.05) is 0 Å². The first-order valence-corrected chi connectivity index (χ1v) is 8.12. The molecule has 1 aliphatic rings. The Hall–Kier alpha value is -2.19. The zero-order chi connectivity index (χ0) is 13.4. The number of hydrogen-bond donors (Lipinski definition) is 1. The Bertz CT molecular complexity index is 800. The Kier molecular flexibility index (Phi) is 2.75. The van der Waals surface area contributed by atoms with E-state index in [1.165, 1.54) is 10.3 Å². The molecule has 0 bridgehead atoms. The van der Waals surface area contributed by atoms with Crippen molar-refractivity contribution in [3.05, 3.63) is 77.6 Å². The third-order valence-electron chi connectivity index (χ3n) is 3.47. The normalized spacial score (nSPS) is 15.3. The van der Waals surface area contributed by atoms with Crippen molar-refractivity contribution in [2.24, 2.45) is 0 Å². The largest absolute Gasteiger partial charge is 0.455 e. The molecule has 1 aromatic heterocycles. The van der Waals surface area contributed by atoms with E-state index in [1.807, 2.05) is 18.2 Å². The average Bonchev–Trinajstić information content (AvgIpc) is 3.14. The van der Waals surface area contributed by atoms with E-state index in [1.54, 1.807) is 0 Å². The maximum Gasteiger partial charge on any atom is 0.147 e. The van der Waals surface area contributed by atoms with Crippen molar-refractivity contribution in [1.82, 2.24) is 0 Å². The number of thiol groups is 1. The lowest BCUT2D eigenvalue weighted by Crippen LogP contribution is -1.79. The van der Waals surface area contributed by atoms with Gasteiger partial charge in [-0.1, -0.05) is 60.7 Å². The van der Waals surface area contributed by atoms with E-state index in [2.05, 4.69) is 59.4 Å². The Morgan fingerprint density at radius 1 is 0.750 bits per heavy atom. The third kappa shape index (κ3) is 1.81. The number of rotatable bonds is 2. The van der Waals surface area contributed by atoms with Crippen LogP contribution in [0.3, 0.4) is 0 Å². The van der Waals surface area contributed by atoms with Gasteiger partial charge in [0.25, 0.3) is 0 Å². The summed E-state index contributed by atoms with van der Waals surface area (Å²) in [6, 6.07) is 18.7. The van der Waals surface area contributed by atoms with Crippen molar-refractivity contribution >= 4 is 21.9 Å². The summed E-state index contributed by atoms with van der Waals surface area (Å²) in [7, 11) is -0.402. The first kappa shape index (κ1) is 11.6. The van der Waals surface area contributed by atoms with E-state index in [0.29, 0.717) is 0 Å². The van der Waals surface area contributed by atoms with Crippen molar-refractivity contribution in [2.45, 2.75) is 4.90 Å². The van der Waals surface area contributed by atoms with E-state index < -0.39 is 10.9 Å². The van der Waals surface area contributed by atoms with Crippen molar-refractivity contribution in [3.63, 3.8) is 0 Å². The zero-order valence-electron chi connectivity index (χ0n) is 10.9. The average molecular weight is 278 g/mol. The van der Waals surface area contributed by atoms with Crippen LogP contribution in [0, 0.1) is 0 Å². The molecule has 2 aromatic carbocycles. The molecule has 0 spiro atoms. The molecule has 2 heteroatoms. The van der Waals surface area contributed by atoms with Crippen LogP contribution in [-0.2, 0) is 0 Å². The lowest BCUT2D eigenvalue weighted by molar-refractivity contribution is 0.625. The first-order valence-electron chi connectivity index (χ1n) is 6.64. The molecular formula is C18H14OS. The highest BCUT2D eigenvalue weighted by Gasteiger charge is 2.19. The lowest BCUT2D eigenvalue weighted by Gasteiger charge is -2.11.